The molecule has 4 rings (SSSR count). The van der Waals surface area contributed by atoms with E-state index >= 15 is 0 Å². The standard InChI is InChI=1S/C24H22ClN3O2S/c1-17(30-21-13-8-12-20(15-21)29-2)23-26-27-24(28(23)19-10-4-3-5-11-19)31-16-18-9-6-7-14-22(18)25/h3-15,17H,16H2,1-2H3. The first-order valence-electron chi connectivity index (χ1n) is 9.83. The molecule has 0 saturated carbocycles. The highest BCUT2D eigenvalue weighted by molar-refractivity contribution is 7.98. The van der Waals surface area contributed by atoms with Gasteiger partial charge in [0.15, 0.2) is 17.1 Å². The number of thioether (sulfide) groups is 1. The molecule has 1 aromatic heterocycles. The maximum absolute atomic E-state index is 6.33. The highest BCUT2D eigenvalue weighted by Gasteiger charge is 2.21. The van der Waals surface area contributed by atoms with Gasteiger partial charge < -0.3 is 9.47 Å². The van der Waals surface area contributed by atoms with E-state index in [0.29, 0.717) is 11.5 Å². The Morgan fingerprint density at radius 1 is 0.935 bits per heavy atom. The van der Waals surface area contributed by atoms with Crippen LogP contribution in [0, 0.1) is 0 Å². The smallest absolute Gasteiger partial charge is 0.196 e. The van der Waals surface area contributed by atoms with Crippen LogP contribution in [0.5, 0.6) is 11.5 Å². The molecule has 3 aromatic carbocycles. The van der Waals surface area contributed by atoms with E-state index in [1.54, 1.807) is 18.9 Å². The molecule has 0 N–H and O–H groups in total. The summed E-state index contributed by atoms with van der Waals surface area (Å²) in [5, 5.41) is 10.5. The van der Waals surface area contributed by atoms with Crippen molar-refractivity contribution in [2.24, 2.45) is 0 Å². The average Bonchev–Trinajstić information content (AvgIpc) is 3.23. The zero-order chi connectivity index (χ0) is 21.6. The van der Waals surface area contributed by atoms with Crippen LogP contribution in [0.25, 0.3) is 5.69 Å². The molecular weight excluding hydrogens is 430 g/mol. The van der Waals surface area contributed by atoms with Crippen LogP contribution in [0.3, 0.4) is 0 Å². The molecule has 1 unspecified atom stereocenters. The summed E-state index contributed by atoms with van der Waals surface area (Å²) in [5.74, 6) is 2.86. The number of benzene rings is 3. The van der Waals surface area contributed by atoms with Crippen molar-refractivity contribution in [2.45, 2.75) is 23.9 Å². The Kier molecular flexibility index (Phi) is 6.79. The lowest BCUT2D eigenvalue weighted by Crippen LogP contribution is -2.11. The first-order chi connectivity index (χ1) is 15.2. The minimum atomic E-state index is -0.325. The summed E-state index contributed by atoms with van der Waals surface area (Å²) in [6.45, 7) is 1.96. The molecule has 0 spiro atoms. The van der Waals surface area contributed by atoms with Gasteiger partial charge in [0, 0.05) is 22.5 Å². The maximum Gasteiger partial charge on any atom is 0.196 e. The summed E-state index contributed by atoms with van der Waals surface area (Å²) >= 11 is 7.92. The Hall–Kier alpha value is -2.96. The van der Waals surface area contributed by atoms with Crippen molar-refractivity contribution >= 4 is 23.4 Å². The van der Waals surface area contributed by atoms with Crippen LogP contribution in [0.4, 0.5) is 0 Å². The molecule has 0 amide bonds. The molecule has 0 fully saturated rings. The molecule has 0 bridgehead atoms. The molecule has 7 heteroatoms. The van der Waals surface area contributed by atoms with E-state index in [1.807, 2.05) is 90.4 Å². The van der Waals surface area contributed by atoms with Crippen molar-refractivity contribution in [3.05, 3.63) is 95.3 Å². The lowest BCUT2D eigenvalue weighted by atomic mass is 10.2. The lowest BCUT2D eigenvalue weighted by molar-refractivity contribution is 0.212. The molecule has 0 aliphatic heterocycles. The maximum atomic E-state index is 6.33. The minimum absolute atomic E-state index is 0.325. The summed E-state index contributed by atoms with van der Waals surface area (Å²) in [6, 6.07) is 25.4. The molecule has 0 saturated heterocycles. The van der Waals surface area contributed by atoms with E-state index in [9.17, 15) is 0 Å². The van der Waals surface area contributed by atoms with E-state index in [0.717, 1.165) is 33.0 Å². The van der Waals surface area contributed by atoms with Gasteiger partial charge in [-0.25, -0.2) is 0 Å². The lowest BCUT2D eigenvalue weighted by Gasteiger charge is -2.17. The zero-order valence-electron chi connectivity index (χ0n) is 17.2. The summed E-state index contributed by atoms with van der Waals surface area (Å²) in [5.41, 5.74) is 2.03. The van der Waals surface area contributed by atoms with Crippen LogP contribution in [0.15, 0.2) is 84.0 Å². The van der Waals surface area contributed by atoms with Crippen molar-refractivity contribution in [3.8, 4) is 17.2 Å². The van der Waals surface area contributed by atoms with E-state index in [2.05, 4.69) is 10.2 Å². The number of ether oxygens (including phenoxy) is 2. The fourth-order valence-corrected chi connectivity index (χ4v) is 4.39. The molecule has 1 heterocycles. The number of halogens is 1. The quantitative estimate of drug-likeness (QED) is 0.291. The third-order valence-corrected chi connectivity index (χ3v) is 6.05. The predicted molar refractivity (Wildman–Crippen MR) is 124 cm³/mol. The molecule has 1 atom stereocenters. The Bertz CT molecular complexity index is 1150. The topological polar surface area (TPSA) is 49.2 Å². The molecule has 0 aliphatic rings. The second-order valence-electron chi connectivity index (χ2n) is 6.83. The second kappa shape index (κ2) is 9.90. The Morgan fingerprint density at radius 2 is 1.68 bits per heavy atom. The number of para-hydroxylation sites is 1. The van der Waals surface area contributed by atoms with E-state index in [4.69, 9.17) is 21.1 Å². The van der Waals surface area contributed by atoms with E-state index < -0.39 is 0 Å². The second-order valence-corrected chi connectivity index (χ2v) is 8.18. The van der Waals surface area contributed by atoms with Crippen molar-refractivity contribution in [3.63, 3.8) is 0 Å². The summed E-state index contributed by atoms with van der Waals surface area (Å²) in [7, 11) is 1.64. The third kappa shape index (κ3) is 5.03. The summed E-state index contributed by atoms with van der Waals surface area (Å²) in [6.07, 6.45) is -0.325. The highest BCUT2D eigenvalue weighted by atomic mass is 35.5. The number of hydrogen-bond acceptors (Lipinski definition) is 5. The number of methoxy groups -OCH3 is 1. The van der Waals surface area contributed by atoms with Crippen LogP contribution in [-0.2, 0) is 5.75 Å². The van der Waals surface area contributed by atoms with Gasteiger partial charge in [0.25, 0.3) is 0 Å². The summed E-state index contributed by atoms with van der Waals surface area (Å²) < 4.78 is 13.5. The van der Waals surface area contributed by atoms with Crippen molar-refractivity contribution in [1.29, 1.82) is 0 Å². The predicted octanol–water partition coefficient (Wildman–Crippen LogP) is 6.36. The monoisotopic (exact) mass is 451 g/mol. The Balaban J connectivity index is 1.63. The Labute approximate surface area is 191 Å². The molecule has 31 heavy (non-hydrogen) atoms. The van der Waals surface area contributed by atoms with Gasteiger partial charge in [0.1, 0.15) is 11.5 Å². The molecule has 0 radical (unpaired) electrons. The van der Waals surface area contributed by atoms with Gasteiger partial charge in [-0.3, -0.25) is 4.57 Å². The van der Waals surface area contributed by atoms with Gasteiger partial charge in [0.2, 0.25) is 0 Å². The highest BCUT2D eigenvalue weighted by Crippen LogP contribution is 2.31. The number of hydrogen-bond donors (Lipinski definition) is 0. The molecular formula is C24H22ClN3O2S. The van der Waals surface area contributed by atoms with Crippen LogP contribution in [-0.4, -0.2) is 21.9 Å². The van der Waals surface area contributed by atoms with Crippen molar-refractivity contribution in [2.75, 3.05) is 7.11 Å². The van der Waals surface area contributed by atoms with Gasteiger partial charge in [-0.15, -0.1) is 10.2 Å². The molecule has 0 aliphatic carbocycles. The van der Waals surface area contributed by atoms with Gasteiger partial charge in [-0.1, -0.05) is 65.8 Å². The first-order valence-corrected chi connectivity index (χ1v) is 11.2. The number of rotatable bonds is 8. The van der Waals surface area contributed by atoms with E-state index in [1.165, 1.54) is 0 Å². The normalized spacial score (nSPS) is 11.8. The van der Waals surface area contributed by atoms with Crippen LogP contribution >= 0.6 is 23.4 Å². The fourth-order valence-electron chi connectivity index (χ4n) is 3.15. The van der Waals surface area contributed by atoms with Gasteiger partial charge in [-0.2, -0.15) is 0 Å². The Morgan fingerprint density at radius 3 is 2.45 bits per heavy atom. The van der Waals surface area contributed by atoms with Crippen LogP contribution < -0.4 is 9.47 Å². The molecule has 4 aromatic rings. The van der Waals surface area contributed by atoms with Crippen LogP contribution in [0.1, 0.15) is 24.4 Å². The third-order valence-electron chi connectivity index (χ3n) is 4.71. The van der Waals surface area contributed by atoms with Crippen molar-refractivity contribution in [1.82, 2.24) is 14.8 Å². The zero-order valence-corrected chi connectivity index (χ0v) is 18.8. The van der Waals surface area contributed by atoms with Gasteiger partial charge in [-0.05, 0) is 42.8 Å². The SMILES string of the molecule is COc1cccc(OC(C)c2nnc(SCc3ccccc3Cl)n2-c2ccccc2)c1. The number of aromatic nitrogens is 3. The molecule has 5 nitrogen and oxygen atoms in total. The largest absolute Gasteiger partial charge is 0.497 e. The fraction of sp³-hybridized carbons (Fsp3) is 0.167. The van der Waals surface area contributed by atoms with Crippen molar-refractivity contribution < 1.29 is 9.47 Å². The average molecular weight is 452 g/mol. The first kappa shape index (κ1) is 21.3. The van der Waals surface area contributed by atoms with Crippen LogP contribution in [0.2, 0.25) is 5.02 Å². The van der Waals surface area contributed by atoms with Gasteiger partial charge in [0.05, 0.1) is 7.11 Å². The summed E-state index contributed by atoms with van der Waals surface area (Å²) in [4.78, 5) is 0. The van der Waals surface area contributed by atoms with E-state index in [-0.39, 0.29) is 6.10 Å². The molecule has 158 valence electrons. The minimum Gasteiger partial charge on any atom is -0.497 e. The van der Waals surface area contributed by atoms with Gasteiger partial charge >= 0.3 is 0 Å². The number of nitrogens with zero attached hydrogens (tertiary/aromatic N) is 3.